The monoisotopic (exact) mass is 278 g/mol. The predicted molar refractivity (Wildman–Crippen MR) is 72.8 cm³/mol. The van der Waals surface area contributed by atoms with Gasteiger partial charge >= 0.3 is 0 Å². The summed E-state index contributed by atoms with van der Waals surface area (Å²) in [7, 11) is -1.27. The predicted octanol–water partition coefficient (Wildman–Crippen LogP) is 0.847. The van der Waals surface area contributed by atoms with Gasteiger partial charge < -0.3 is 4.74 Å². The summed E-state index contributed by atoms with van der Waals surface area (Å²) in [5, 5.41) is -0.221. The van der Waals surface area contributed by atoms with E-state index in [0.717, 1.165) is 25.7 Å². The molecule has 108 valence electrons. The molecule has 0 aliphatic heterocycles. The highest BCUT2D eigenvalue weighted by molar-refractivity contribution is 7.91. The second-order valence-electron chi connectivity index (χ2n) is 5.25. The van der Waals surface area contributed by atoms with Crippen LogP contribution in [0.25, 0.3) is 0 Å². The fourth-order valence-corrected chi connectivity index (χ4v) is 4.20. The largest absolute Gasteiger partial charge is 0.380 e. The Morgan fingerprint density at radius 3 is 2.56 bits per heavy atom. The highest BCUT2D eigenvalue weighted by atomic mass is 32.2. The molecule has 1 aliphatic carbocycles. The molecule has 18 heavy (non-hydrogen) atoms. The van der Waals surface area contributed by atoms with E-state index in [0.29, 0.717) is 6.42 Å². The summed E-state index contributed by atoms with van der Waals surface area (Å²) in [4.78, 5) is 0. The van der Waals surface area contributed by atoms with Crippen molar-refractivity contribution in [3.05, 3.63) is 0 Å². The average molecular weight is 278 g/mol. The molecular weight excluding hydrogens is 252 g/mol. The van der Waals surface area contributed by atoms with Crippen molar-refractivity contribution in [3.8, 4) is 0 Å². The van der Waals surface area contributed by atoms with E-state index in [2.05, 4.69) is 12.3 Å². The Kier molecular flexibility index (Phi) is 6.04. The first-order chi connectivity index (χ1) is 8.43. The fraction of sp³-hybridized carbons (Fsp3) is 1.00. The van der Waals surface area contributed by atoms with Crippen LogP contribution in [0.5, 0.6) is 0 Å². The van der Waals surface area contributed by atoms with Gasteiger partial charge in [0.2, 0.25) is 0 Å². The number of hydrogen-bond donors (Lipinski definition) is 2. The lowest BCUT2D eigenvalue weighted by Crippen LogP contribution is -2.51. The van der Waals surface area contributed by atoms with Crippen LogP contribution >= 0.6 is 0 Å². The Morgan fingerprint density at radius 1 is 1.44 bits per heavy atom. The van der Waals surface area contributed by atoms with Crippen molar-refractivity contribution in [1.29, 1.82) is 0 Å². The molecule has 1 rings (SSSR count). The van der Waals surface area contributed by atoms with Crippen LogP contribution in [-0.2, 0) is 14.6 Å². The number of nitrogens with one attached hydrogen (secondary N) is 1. The van der Waals surface area contributed by atoms with Crippen LogP contribution in [0.3, 0.4) is 0 Å². The number of sulfone groups is 1. The first-order valence-corrected chi connectivity index (χ1v) is 8.57. The molecule has 0 aromatic rings. The summed E-state index contributed by atoms with van der Waals surface area (Å²) >= 11 is 0. The maximum absolute atomic E-state index is 11.7. The summed E-state index contributed by atoms with van der Waals surface area (Å²) in [5.74, 6) is 5.90. The molecule has 6 heteroatoms. The first-order valence-electron chi connectivity index (χ1n) is 6.61. The zero-order valence-electron chi connectivity index (χ0n) is 11.6. The Morgan fingerprint density at radius 2 is 2.11 bits per heavy atom. The molecule has 0 saturated heterocycles. The number of nitrogens with two attached hydrogens (primary N) is 1. The molecule has 0 spiro atoms. The highest BCUT2D eigenvalue weighted by Crippen LogP contribution is 2.32. The van der Waals surface area contributed by atoms with Crippen LogP contribution in [0.1, 0.15) is 39.0 Å². The molecule has 0 aromatic heterocycles. The fourth-order valence-electron chi connectivity index (χ4n) is 3.01. The normalized spacial score (nSPS) is 28.9. The second kappa shape index (κ2) is 6.84. The van der Waals surface area contributed by atoms with Gasteiger partial charge in [0, 0.05) is 13.4 Å². The summed E-state index contributed by atoms with van der Waals surface area (Å²) in [6.07, 6.45) is 5.66. The average Bonchev–Trinajstić information content (AvgIpc) is 2.35. The van der Waals surface area contributed by atoms with E-state index in [1.165, 1.54) is 6.26 Å². The summed E-state index contributed by atoms with van der Waals surface area (Å²) in [6, 6.07) is 0.0320. The van der Waals surface area contributed by atoms with Crippen LogP contribution in [-0.4, -0.2) is 39.2 Å². The number of ether oxygens (including phenoxy) is 1. The summed E-state index contributed by atoms with van der Waals surface area (Å²) < 4.78 is 28.8. The Hall–Kier alpha value is -0.170. The highest BCUT2D eigenvalue weighted by Gasteiger charge is 2.35. The Labute approximate surface area is 110 Å². The van der Waals surface area contributed by atoms with Crippen molar-refractivity contribution in [2.75, 3.05) is 13.4 Å². The van der Waals surface area contributed by atoms with Gasteiger partial charge in [-0.05, 0) is 31.6 Å². The zero-order chi connectivity index (χ0) is 13.8. The maximum Gasteiger partial charge on any atom is 0.150 e. The van der Waals surface area contributed by atoms with Gasteiger partial charge in [-0.2, -0.15) is 0 Å². The third-order valence-electron chi connectivity index (χ3n) is 4.08. The van der Waals surface area contributed by atoms with Crippen molar-refractivity contribution in [2.45, 2.75) is 56.4 Å². The molecule has 1 aliphatic rings. The van der Waals surface area contributed by atoms with Crippen molar-refractivity contribution < 1.29 is 13.2 Å². The minimum atomic E-state index is -2.95. The molecule has 0 amide bonds. The maximum atomic E-state index is 11.7. The number of hydrazine groups is 1. The molecule has 4 atom stereocenters. The molecule has 0 bridgehead atoms. The van der Waals surface area contributed by atoms with Crippen molar-refractivity contribution in [3.63, 3.8) is 0 Å². The minimum absolute atomic E-state index is 0.0320. The van der Waals surface area contributed by atoms with E-state index in [9.17, 15) is 8.42 Å². The SMILES string of the molecule is CCC(OC)C(NN)C1CCCC(S(C)(=O)=O)C1. The van der Waals surface area contributed by atoms with Crippen molar-refractivity contribution in [2.24, 2.45) is 11.8 Å². The summed E-state index contributed by atoms with van der Waals surface area (Å²) in [5.41, 5.74) is 2.83. The van der Waals surface area contributed by atoms with Crippen LogP contribution in [0.2, 0.25) is 0 Å². The molecular formula is C12H26N2O3S. The van der Waals surface area contributed by atoms with Gasteiger partial charge in [0.05, 0.1) is 17.4 Å². The number of rotatable bonds is 6. The lowest BCUT2D eigenvalue weighted by Gasteiger charge is -2.36. The van der Waals surface area contributed by atoms with Gasteiger partial charge in [-0.3, -0.25) is 11.3 Å². The summed E-state index contributed by atoms with van der Waals surface area (Å²) in [6.45, 7) is 2.05. The van der Waals surface area contributed by atoms with E-state index in [1.54, 1.807) is 7.11 Å². The zero-order valence-corrected chi connectivity index (χ0v) is 12.4. The molecule has 0 aromatic carbocycles. The van der Waals surface area contributed by atoms with Crippen molar-refractivity contribution in [1.82, 2.24) is 5.43 Å². The smallest absolute Gasteiger partial charge is 0.150 e. The molecule has 3 N–H and O–H groups in total. The van der Waals surface area contributed by atoms with E-state index in [-0.39, 0.29) is 23.3 Å². The van der Waals surface area contributed by atoms with Gasteiger partial charge in [-0.25, -0.2) is 8.42 Å². The van der Waals surface area contributed by atoms with Gasteiger partial charge in [0.15, 0.2) is 0 Å². The van der Waals surface area contributed by atoms with Gasteiger partial charge in [0.1, 0.15) is 9.84 Å². The molecule has 5 nitrogen and oxygen atoms in total. The van der Waals surface area contributed by atoms with E-state index in [4.69, 9.17) is 10.6 Å². The quantitative estimate of drug-likeness (QED) is 0.556. The molecule has 4 unspecified atom stereocenters. The van der Waals surface area contributed by atoms with Crippen LogP contribution in [0.4, 0.5) is 0 Å². The van der Waals surface area contributed by atoms with Crippen molar-refractivity contribution >= 4 is 9.84 Å². The van der Waals surface area contributed by atoms with E-state index in [1.807, 2.05) is 0 Å². The topological polar surface area (TPSA) is 81.4 Å². The van der Waals surface area contributed by atoms with E-state index >= 15 is 0 Å². The first kappa shape index (κ1) is 15.9. The van der Waals surface area contributed by atoms with Crippen LogP contribution < -0.4 is 11.3 Å². The molecule has 0 heterocycles. The van der Waals surface area contributed by atoms with Gasteiger partial charge in [0.25, 0.3) is 0 Å². The third-order valence-corrected chi connectivity index (χ3v) is 5.72. The Bertz CT molecular complexity index is 341. The van der Waals surface area contributed by atoms with Crippen LogP contribution in [0, 0.1) is 5.92 Å². The van der Waals surface area contributed by atoms with Gasteiger partial charge in [-0.1, -0.05) is 13.3 Å². The second-order valence-corrected chi connectivity index (χ2v) is 7.58. The molecule has 1 saturated carbocycles. The van der Waals surface area contributed by atoms with Gasteiger partial charge in [-0.15, -0.1) is 0 Å². The lowest BCUT2D eigenvalue weighted by molar-refractivity contribution is 0.0371. The third kappa shape index (κ3) is 3.91. The number of methoxy groups -OCH3 is 1. The standard InChI is InChI=1S/C12H26N2O3S/c1-4-11(17-2)12(14-13)9-6-5-7-10(8-9)18(3,15)16/h9-12,14H,4-8,13H2,1-3H3. The number of hydrogen-bond acceptors (Lipinski definition) is 5. The van der Waals surface area contributed by atoms with E-state index < -0.39 is 9.84 Å². The molecule has 0 radical (unpaired) electrons. The van der Waals surface area contributed by atoms with Crippen LogP contribution in [0.15, 0.2) is 0 Å². The minimum Gasteiger partial charge on any atom is -0.380 e. The Balaban J connectivity index is 2.75. The molecule has 1 fully saturated rings. The lowest BCUT2D eigenvalue weighted by atomic mass is 9.81.